The number of benzene rings is 3. The highest BCUT2D eigenvalue weighted by molar-refractivity contribution is 5.89. The molecule has 3 aromatic rings. The van der Waals surface area contributed by atoms with Crippen molar-refractivity contribution in [1.29, 1.82) is 0 Å². The molecule has 0 heterocycles. The predicted molar refractivity (Wildman–Crippen MR) is 94.2 cm³/mol. The van der Waals surface area contributed by atoms with Crippen molar-refractivity contribution >= 4 is 11.7 Å². The quantitative estimate of drug-likeness (QED) is 0.722. The molecule has 0 radical (unpaired) electrons. The third-order valence-corrected chi connectivity index (χ3v) is 3.57. The maximum absolute atomic E-state index is 12.0. The van der Waals surface area contributed by atoms with Crippen molar-refractivity contribution in [3.05, 3.63) is 90.5 Å². The number of urea groups is 1. The predicted octanol–water partition coefficient (Wildman–Crippen LogP) is 4.68. The second-order valence-corrected chi connectivity index (χ2v) is 5.20. The van der Waals surface area contributed by atoms with E-state index in [1.54, 1.807) is 0 Å². The molecule has 3 nitrogen and oxygen atoms in total. The van der Waals surface area contributed by atoms with Gasteiger partial charge < -0.3 is 10.6 Å². The fourth-order valence-corrected chi connectivity index (χ4v) is 2.45. The van der Waals surface area contributed by atoms with Crippen LogP contribution in [0.1, 0.15) is 5.56 Å². The van der Waals surface area contributed by atoms with Crippen molar-refractivity contribution in [3.63, 3.8) is 0 Å². The largest absolute Gasteiger partial charge is 0.334 e. The monoisotopic (exact) mass is 302 g/mol. The van der Waals surface area contributed by atoms with Gasteiger partial charge in [0.25, 0.3) is 0 Å². The zero-order valence-electron chi connectivity index (χ0n) is 12.7. The summed E-state index contributed by atoms with van der Waals surface area (Å²) in [4.78, 5) is 12.0. The van der Waals surface area contributed by atoms with E-state index in [1.165, 1.54) is 0 Å². The van der Waals surface area contributed by atoms with E-state index in [2.05, 4.69) is 28.8 Å². The van der Waals surface area contributed by atoms with Crippen LogP contribution in [0, 0.1) is 0 Å². The molecule has 0 unspecified atom stereocenters. The molecule has 114 valence electrons. The molecule has 0 aliphatic carbocycles. The van der Waals surface area contributed by atoms with Gasteiger partial charge in [-0.3, -0.25) is 0 Å². The summed E-state index contributed by atoms with van der Waals surface area (Å²) in [6.07, 6.45) is 0. The normalized spacial score (nSPS) is 10.1. The van der Waals surface area contributed by atoms with E-state index in [4.69, 9.17) is 0 Å². The van der Waals surface area contributed by atoms with Crippen LogP contribution in [-0.2, 0) is 6.54 Å². The molecule has 0 aromatic heterocycles. The number of para-hydroxylation sites is 1. The molecule has 23 heavy (non-hydrogen) atoms. The number of rotatable bonds is 4. The van der Waals surface area contributed by atoms with Crippen molar-refractivity contribution in [2.45, 2.75) is 6.54 Å². The molecule has 0 bridgehead atoms. The molecule has 3 aromatic carbocycles. The van der Waals surface area contributed by atoms with Gasteiger partial charge in [-0.1, -0.05) is 72.8 Å². The standard InChI is InChI=1S/C20H18N2O/c23-20(22-18-12-5-2-6-13-18)21-15-17-11-7-8-14-19(17)16-9-3-1-4-10-16/h1-14H,15H2,(H2,21,22,23). The molecule has 0 fully saturated rings. The van der Waals surface area contributed by atoms with Crippen molar-refractivity contribution in [2.24, 2.45) is 0 Å². The molecule has 0 aliphatic heterocycles. The van der Waals surface area contributed by atoms with Crippen molar-refractivity contribution < 1.29 is 4.79 Å². The second kappa shape index (κ2) is 7.27. The SMILES string of the molecule is O=C(NCc1ccccc1-c1ccccc1)Nc1ccccc1. The number of nitrogens with one attached hydrogen (secondary N) is 2. The molecule has 2 amide bonds. The second-order valence-electron chi connectivity index (χ2n) is 5.20. The van der Waals surface area contributed by atoms with Gasteiger partial charge in [0, 0.05) is 12.2 Å². The first-order valence-electron chi connectivity index (χ1n) is 7.56. The first-order chi connectivity index (χ1) is 11.3. The van der Waals surface area contributed by atoms with Crippen LogP contribution in [0.5, 0.6) is 0 Å². The first kappa shape index (κ1) is 14.9. The zero-order chi connectivity index (χ0) is 15.9. The molecule has 3 rings (SSSR count). The highest BCUT2D eigenvalue weighted by Gasteiger charge is 2.06. The molecule has 0 atom stereocenters. The molecule has 0 spiro atoms. The maximum Gasteiger partial charge on any atom is 0.319 e. The lowest BCUT2D eigenvalue weighted by molar-refractivity contribution is 0.252. The third-order valence-electron chi connectivity index (χ3n) is 3.57. The van der Waals surface area contributed by atoms with Crippen LogP contribution >= 0.6 is 0 Å². The van der Waals surface area contributed by atoms with Gasteiger partial charge >= 0.3 is 6.03 Å². The fraction of sp³-hybridized carbons (Fsp3) is 0.0500. The highest BCUT2D eigenvalue weighted by Crippen LogP contribution is 2.23. The number of anilines is 1. The first-order valence-corrected chi connectivity index (χ1v) is 7.56. The number of hydrogen-bond donors (Lipinski definition) is 2. The number of amides is 2. The van der Waals surface area contributed by atoms with Crippen LogP contribution in [0.25, 0.3) is 11.1 Å². The smallest absolute Gasteiger partial charge is 0.319 e. The molecule has 0 aliphatic rings. The minimum Gasteiger partial charge on any atom is -0.334 e. The van der Waals surface area contributed by atoms with Gasteiger partial charge in [0.05, 0.1) is 0 Å². The van der Waals surface area contributed by atoms with Crippen molar-refractivity contribution in [1.82, 2.24) is 5.32 Å². The summed E-state index contributed by atoms with van der Waals surface area (Å²) in [6, 6.07) is 27.5. The van der Waals surface area contributed by atoms with E-state index in [0.717, 1.165) is 22.4 Å². The zero-order valence-corrected chi connectivity index (χ0v) is 12.7. The van der Waals surface area contributed by atoms with Crippen molar-refractivity contribution in [2.75, 3.05) is 5.32 Å². The van der Waals surface area contributed by atoms with Gasteiger partial charge in [-0.05, 0) is 28.8 Å². The Balaban J connectivity index is 1.68. The van der Waals surface area contributed by atoms with Crippen LogP contribution in [-0.4, -0.2) is 6.03 Å². The number of carbonyl (C=O) groups is 1. The van der Waals surface area contributed by atoms with Crippen molar-refractivity contribution in [3.8, 4) is 11.1 Å². The molecule has 0 saturated heterocycles. The minimum atomic E-state index is -0.209. The Morgan fingerprint density at radius 2 is 1.35 bits per heavy atom. The number of carbonyl (C=O) groups excluding carboxylic acids is 1. The summed E-state index contributed by atoms with van der Waals surface area (Å²) < 4.78 is 0. The van der Waals surface area contributed by atoms with Gasteiger partial charge in [0.15, 0.2) is 0 Å². The Kier molecular flexibility index (Phi) is 4.69. The van der Waals surface area contributed by atoms with Gasteiger partial charge in [-0.2, -0.15) is 0 Å². The Hall–Kier alpha value is -3.07. The van der Waals surface area contributed by atoms with E-state index in [9.17, 15) is 4.79 Å². The highest BCUT2D eigenvalue weighted by atomic mass is 16.2. The number of hydrogen-bond acceptors (Lipinski definition) is 1. The molecular weight excluding hydrogens is 284 g/mol. The van der Waals surface area contributed by atoms with Crippen LogP contribution in [0.3, 0.4) is 0 Å². The van der Waals surface area contributed by atoms with Gasteiger partial charge in [-0.15, -0.1) is 0 Å². The van der Waals surface area contributed by atoms with Gasteiger partial charge in [-0.25, -0.2) is 4.79 Å². The lowest BCUT2D eigenvalue weighted by Crippen LogP contribution is -2.28. The Bertz CT molecular complexity index is 770. The van der Waals surface area contributed by atoms with E-state index in [1.807, 2.05) is 66.7 Å². The summed E-state index contributed by atoms with van der Waals surface area (Å²) in [7, 11) is 0. The molecule has 3 heteroatoms. The summed E-state index contributed by atoms with van der Waals surface area (Å²) in [6.45, 7) is 0.476. The molecular formula is C20H18N2O. The Morgan fingerprint density at radius 1 is 0.739 bits per heavy atom. The van der Waals surface area contributed by atoms with Gasteiger partial charge in [0.2, 0.25) is 0 Å². The maximum atomic E-state index is 12.0. The Labute approximate surface area is 136 Å². The summed E-state index contributed by atoms with van der Waals surface area (Å²) >= 11 is 0. The topological polar surface area (TPSA) is 41.1 Å². The third kappa shape index (κ3) is 3.98. The van der Waals surface area contributed by atoms with Gasteiger partial charge in [0.1, 0.15) is 0 Å². The lowest BCUT2D eigenvalue weighted by Gasteiger charge is -2.11. The fourth-order valence-electron chi connectivity index (χ4n) is 2.45. The van der Waals surface area contributed by atoms with Crippen LogP contribution in [0.15, 0.2) is 84.9 Å². The molecule has 2 N–H and O–H groups in total. The summed E-state index contributed by atoms with van der Waals surface area (Å²) in [5.74, 6) is 0. The van der Waals surface area contributed by atoms with E-state index < -0.39 is 0 Å². The average molecular weight is 302 g/mol. The molecule has 0 saturated carbocycles. The minimum absolute atomic E-state index is 0.209. The van der Waals surface area contributed by atoms with Crippen LogP contribution in [0.2, 0.25) is 0 Å². The summed E-state index contributed by atoms with van der Waals surface area (Å²) in [5, 5.41) is 5.73. The lowest BCUT2D eigenvalue weighted by atomic mass is 10.00. The van der Waals surface area contributed by atoms with E-state index >= 15 is 0 Å². The van der Waals surface area contributed by atoms with E-state index in [-0.39, 0.29) is 6.03 Å². The van der Waals surface area contributed by atoms with E-state index in [0.29, 0.717) is 6.54 Å². The van der Waals surface area contributed by atoms with Crippen LogP contribution < -0.4 is 10.6 Å². The Morgan fingerprint density at radius 3 is 2.09 bits per heavy atom. The van der Waals surface area contributed by atoms with Crippen LogP contribution in [0.4, 0.5) is 10.5 Å². The average Bonchev–Trinajstić information content (AvgIpc) is 2.62. The summed E-state index contributed by atoms with van der Waals surface area (Å²) in [5.41, 5.74) is 4.14.